The first-order valence-corrected chi connectivity index (χ1v) is 10.2. The van der Waals surface area contributed by atoms with Crippen LogP contribution >= 0.6 is 11.8 Å². The first-order valence-electron chi connectivity index (χ1n) is 9.05. The van der Waals surface area contributed by atoms with E-state index in [0.29, 0.717) is 12.2 Å². The Morgan fingerprint density at radius 3 is 2.59 bits per heavy atom. The van der Waals surface area contributed by atoms with Gasteiger partial charge < -0.3 is 15.1 Å². The maximum Gasteiger partial charge on any atom is 0.313 e. The van der Waals surface area contributed by atoms with Gasteiger partial charge in [0.2, 0.25) is 0 Å². The van der Waals surface area contributed by atoms with Gasteiger partial charge in [0, 0.05) is 42.4 Å². The summed E-state index contributed by atoms with van der Waals surface area (Å²) in [6.07, 6.45) is 3.34. The zero-order valence-corrected chi connectivity index (χ0v) is 16.5. The molecule has 2 N–H and O–H groups in total. The largest absolute Gasteiger partial charge is 0.472 e. The lowest BCUT2D eigenvalue weighted by atomic mass is 10.1. The van der Waals surface area contributed by atoms with Crippen molar-refractivity contribution in [3.8, 4) is 0 Å². The number of nitrogens with one attached hydrogen (secondary N) is 2. The highest BCUT2D eigenvalue weighted by atomic mass is 32.2. The predicted octanol–water partition coefficient (Wildman–Crippen LogP) is 2.74. The third-order valence-electron chi connectivity index (χ3n) is 4.84. The summed E-state index contributed by atoms with van der Waals surface area (Å²) < 4.78 is 5.22. The Bertz CT molecular complexity index is 786. The number of thioether (sulfide) groups is 1. The summed E-state index contributed by atoms with van der Waals surface area (Å²) in [5.41, 5.74) is 3.84. The summed E-state index contributed by atoms with van der Waals surface area (Å²) >= 11 is 1.93. The highest BCUT2D eigenvalue weighted by Gasteiger charge is 2.25. The van der Waals surface area contributed by atoms with Crippen LogP contribution in [0.1, 0.15) is 22.7 Å². The van der Waals surface area contributed by atoms with E-state index in [9.17, 15) is 9.59 Å². The molecule has 0 aliphatic carbocycles. The molecule has 27 heavy (non-hydrogen) atoms. The Balaban J connectivity index is 1.59. The molecule has 1 aromatic heterocycles. The second-order valence-electron chi connectivity index (χ2n) is 6.68. The number of rotatable bonds is 5. The number of nitrogens with zero attached hydrogens (tertiary/aromatic N) is 1. The summed E-state index contributed by atoms with van der Waals surface area (Å²) in [7, 11) is 0. The van der Waals surface area contributed by atoms with Crippen molar-refractivity contribution in [2.75, 3.05) is 36.5 Å². The van der Waals surface area contributed by atoms with E-state index in [0.717, 1.165) is 41.3 Å². The van der Waals surface area contributed by atoms with E-state index in [1.54, 1.807) is 18.6 Å². The first-order chi connectivity index (χ1) is 13.0. The fourth-order valence-corrected chi connectivity index (χ4v) is 4.02. The molecule has 0 bridgehead atoms. The Hall–Kier alpha value is -2.25. The number of amides is 2. The molecular weight excluding hydrogens is 362 g/mol. The Morgan fingerprint density at radius 2 is 1.93 bits per heavy atom. The summed E-state index contributed by atoms with van der Waals surface area (Å²) in [6, 6.07) is 7.50. The molecule has 2 aromatic rings. The molecule has 1 aliphatic rings. The van der Waals surface area contributed by atoms with Crippen LogP contribution < -0.4 is 10.6 Å². The topological polar surface area (TPSA) is 74.6 Å². The van der Waals surface area contributed by atoms with Gasteiger partial charge in [-0.05, 0) is 43.2 Å². The van der Waals surface area contributed by atoms with Crippen molar-refractivity contribution >= 4 is 29.3 Å². The van der Waals surface area contributed by atoms with Crippen molar-refractivity contribution in [3.05, 3.63) is 53.5 Å². The van der Waals surface area contributed by atoms with Gasteiger partial charge in [-0.1, -0.05) is 6.07 Å². The maximum atomic E-state index is 12.3. The molecule has 0 spiro atoms. The highest BCUT2D eigenvalue weighted by Crippen LogP contribution is 2.24. The van der Waals surface area contributed by atoms with Crippen LogP contribution in [0.5, 0.6) is 0 Å². The van der Waals surface area contributed by atoms with Crippen molar-refractivity contribution < 1.29 is 14.0 Å². The van der Waals surface area contributed by atoms with Gasteiger partial charge in [-0.3, -0.25) is 14.5 Å². The van der Waals surface area contributed by atoms with Crippen LogP contribution in [0.4, 0.5) is 5.69 Å². The second kappa shape index (κ2) is 9.10. The zero-order valence-electron chi connectivity index (χ0n) is 15.7. The number of carbonyl (C=O) groups is 2. The van der Waals surface area contributed by atoms with Gasteiger partial charge in [-0.15, -0.1) is 0 Å². The Morgan fingerprint density at radius 1 is 1.15 bits per heavy atom. The lowest BCUT2D eigenvalue weighted by Gasteiger charge is -2.33. The fraction of sp³-hybridized carbons (Fsp3) is 0.400. The molecule has 1 aromatic carbocycles. The molecular formula is C20H25N3O3S. The minimum absolute atomic E-state index is 0.00280. The third-order valence-corrected chi connectivity index (χ3v) is 5.78. The number of hydrogen-bond donors (Lipinski definition) is 2. The van der Waals surface area contributed by atoms with Gasteiger partial charge >= 0.3 is 11.8 Å². The van der Waals surface area contributed by atoms with E-state index < -0.39 is 11.8 Å². The summed E-state index contributed by atoms with van der Waals surface area (Å²) in [5, 5.41) is 5.43. The van der Waals surface area contributed by atoms with Crippen LogP contribution in [0, 0.1) is 13.8 Å². The Labute approximate surface area is 163 Å². The molecule has 1 aliphatic heterocycles. The quantitative estimate of drug-likeness (QED) is 0.772. The molecule has 0 unspecified atom stereocenters. The van der Waals surface area contributed by atoms with E-state index in [2.05, 4.69) is 15.5 Å². The fourth-order valence-electron chi connectivity index (χ4n) is 3.09. The Kier molecular flexibility index (Phi) is 6.58. The molecule has 1 fully saturated rings. The number of furan rings is 1. The number of benzene rings is 1. The van der Waals surface area contributed by atoms with Crippen molar-refractivity contribution in [1.29, 1.82) is 0 Å². The number of aryl methyl sites for hydroxylation is 2. The average Bonchev–Trinajstić information content (AvgIpc) is 3.20. The van der Waals surface area contributed by atoms with Crippen molar-refractivity contribution in [2.45, 2.75) is 19.9 Å². The summed E-state index contributed by atoms with van der Waals surface area (Å²) in [4.78, 5) is 26.8. The van der Waals surface area contributed by atoms with E-state index >= 15 is 0 Å². The standard InChI is InChI=1S/C20H25N3O3S/c1-14-3-4-17(11-15(14)2)22-20(25)19(24)21-12-18(16-5-8-26-13-16)23-6-9-27-10-7-23/h3-5,8,11,13,18H,6-7,9-10,12H2,1-2H3,(H,21,24)(H,22,25)/t18-/m1/s1. The predicted molar refractivity (Wildman–Crippen MR) is 108 cm³/mol. The van der Waals surface area contributed by atoms with Gasteiger partial charge in [0.05, 0.1) is 18.6 Å². The van der Waals surface area contributed by atoms with E-state index in [4.69, 9.17) is 4.42 Å². The first kappa shape index (κ1) is 19.5. The van der Waals surface area contributed by atoms with Gasteiger partial charge in [0.25, 0.3) is 0 Å². The molecule has 7 heteroatoms. The maximum absolute atomic E-state index is 12.3. The lowest BCUT2D eigenvalue weighted by molar-refractivity contribution is -0.136. The molecule has 1 saturated heterocycles. The van der Waals surface area contributed by atoms with Gasteiger partial charge in [-0.25, -0.2) is 0 Å². The van der Waals surface area contributed by atoms with Crippen molar-refractivity contribution in [1.82, 2.24) is 10.2 Å². The van der Waals surface area contributed by atoms with Crippen LogP contribution in [-0.2, 0) is 9.59 Å². The average molecular weight is 388 g/mol. The van der Waals surface area contributed by atoms with Crippen LogP contribution in [-0.4, -0.2) is 47.9 Å². The van der Waals surface area contributed by atoms with Crippen molar-refractivity contribution in [2.24, 2.45) is 0 Å². The smallest absolute Gasteiger partial charge is 0.313 e. The van der Waals surface area contributed by atoms with Gasteiger partial charge in [0.1, 0.15) is 0 Å². The van der Waals surface area contributed by atoms with Crippen LogP contribution in [0.2, 0.25) is 0 Å². The molecule has 2 amide bonds. The minimum Gasteiger partial charge on any atom is -0.472 e. The van der Waals surface area contributed by atoms with Crippen LogP contribution in [0.3, 0.4) is 0 Å². The lowest BCUT2D eigenvalue weighted by Crippen LogP contribution is -2.44. The van der Waals surface area contributed by atoms with E-state index in [1.807, 2.05) is 43.8 Å². The number of hydrogen-bond acceptors (Lipinski definition) is 5. The molecule has 2 heterocycles. The molecule has 1 atom stereocenters. The summed E-state index contributed by atoms with van der Waals surface area (Å²) in [5.74, 6) is 0.844. The zero-order chi connectivity index (χ0) is 19.2. The monoisotopic (exact) mass is 387 g/mol. The van der Waals surface area contributed by atoms with Gasteiger partial charge in [-0.2, -0.15) is 11.8 Å². The molecule has 0 radical (unpaired) electrons. The molecule has 144 valence electrons. The molecule has 0 saturated carbocycles. The van der Waals surface area contributed by atoms with E-state index in [1.165, 1.54) is 0 Å². The SMILES string of the molecule is Cc1ccc(NC(=O)C(=O)NC[C@H](c2ccoc2)N2CCSCC2)cc1C. The second-order valence-corrected chi connectivity index (χ2v) is 7.91. The minimum atomic E-state index is -0.654. The normalized spacial score (nSPS) is 15.9. The molecule has 3 rings (SSSR count). The third kappa shape index (κ3) is 5.14. The number of anilines is 1. The summed E-state index contributed by atoms with van der Waals surface area (Å²) in [6.45, 7) is 6.24. The van der Waals surface area contributed by atoms with Gasteiger partial charge in [0.15, 0.2) is 0 Å². The number of carbonyl (C=O) groups excluding carboxylic acids is 2. The van der Waals surface area contributed by atoms with Crippen LogP contribution in [0.15, 0.2) is 41.2 Å². The van der Waals surface area contributed by atoms with Crippen LogP contribution in [0.25, 0.3) is 0 Å². The van der Waals surface area contributed by atoms with E-state index in [-0.39, 0.29) is 6.04 Å². The van der Waals surface area contributed by atoms with Crippen molar-refractivity contribution in [3.63, 3.8) is 0 Å². The highest BCUT2D eigenvalue weighted by molar-refractivity contribution is 7.99. The molecule has 6 nitrogen and oxygen atoms in total.